The van der Waals surface area contributed by atoms with Crippen molar-refractivity contribution < 1.29 is 4.79 Å². The molecule has 0 fully saturated rings. The molecule has 88 valence electrons. The maximum Gasteiger partial charge on any atom is 0.217 e. The summed E-state index contributed by atoms with van der Waals surface area (Å²) in [6.07, 6.45) is 3.94. The van der Waals surface area contributed by atoms with E-state index < -0.39 is 0 Å². The number of carbonyl (C=O) groups is 1. The number of carbonyl (C=O) groups excluding carboxylic acids is 1. The second kappa shape index (κ2) is 6.48. The zero-order valence-corrected chi connectivity index (χ0v) is 10.9. The minimum absolute atomic E-state index is 0.241. The number of hydrogen-bond acceptors (Lipinski definition) is 3. The standard InChI is InChI=1S/C11H16BrN3O/c1-8-5-7-15-11(10(8)12)14-6-3-2-4-9(13)16/h5,7H,2-4,6H2,1H3,(H2,13,16)(H,14,15). The highest BCUT2D eigenvalue weighted by Crippen LogP contribution is 2.23. The lowest BCUT2D eigenvalue weighted by atomic mass is 10.2. The van der Waals surface area contributed by atoms with Crippen molar-refractivity contribution in [3.63, 3.8) is 0 Å². The second-order valence-corrected chi connectivity index (χ2v) is 4.43. The van der Waals surface area contributed by atoms with Gasteiger partial charge in [-0.05, 0) is 47.3 Å². The Morgan fingerprint density at radius 2 is 2.31 bits per heavy atom. The van der Waals surface area contributed by atoms with Gasteiger partial charge >= 0.3 is 0 Å². The molecule has 0 bridgehead atoms. The first kappa shape index (κ1) is 13.0. The number of rotatable bonds is 6. The number of primary amides is 1. The van der Waals surface area contributed by atoms with E-state index in [4.69, 9.17) is 5.73 Å². The Hall–Kier alpha value is -1.10. The molecule has 0 saturated heterocycles. The maximum absolute atomic E-state index is 10.5. The molecule has 4 nitrogen and oxygen atoms in total. The van der Waals surface area contributed by atoms with Gasteiger partial charge in [-0.15, -0.1) is 0 Å². The SMILES string of the molecule is Cc1ccnc(NCCCCC(N)=O)c1Br. The Balaban J connectivity index is 2.32. The molecule has 0 unspecified atom stereocenters. The van der Waals surface area contributed by atoms with Crippen molar-refractivity contribution in [2.24, 2.45) is 5.73 Å². The first-order valence-electron chi connectivity index (χ1n) is 5.24. The van der Waals surface area contributed by atoms with Gasteiger partial charge in [-0.1, -0.05) is 0 Å². The summed E-state index contributed by atoms with van der Waals surface area (Å²) < 4.78 is 0.991. The molecule has 5 heteroatoms. The van der Waals surface area contributed by atoms with Crippen LogP contribution in [0.4, 0.5) is 5.82 Å². The van der Waals surface area contributed by atoms with E-state index in [1.165, 1.54) is 0 Å². The number of halogens is 1. The first-order chi connectivity index (χ1) is 7.61. The first-order valence-corrected chi connectivity index (χ1v) is 6.04. The van der Waals surface area contributed by atoms with Crippen LogP contribution in [0.1, 0.15) is 24.8 Å². The van der Waals surface area contributed by atoms with Crippen molar-refractivity contribution in [2.45, 2.75) is 26.2 Å². The number of hydrogen-bond donors (Lipinski definition) is 2. The summed E-state index contributed by atoms with van der Waals surface area (Å²) in [5.74, 6) is 0.605. The zero-order chi connectivity index (χ0) is 12.0. The number of aryl methyl sites for hydroxylation is 1. The van der Waals surface area contributed by atoms with Gasteiger partial charge in [0.1, 0.15) is 5.82 Å². The normalized spacial score (nSPS) is 10.1. The van der Waals surface area contributed by atoms with Gasteiger partial charge < -0.3 is 11.1 Å². The molecule has 0 atom stereocenters. The minimum atomic E-state index is -0.241. The third-order valence-corrected chi connectivity index (χ3v) is 3.23. The van der Waals surface area contributed by atoms with Gasteiger partial charge in [0.15, 0.2) is 0 Å². The van der Waals surface area contributed by atoms with Crippen molar-refractivity contribution >= 4 is 27.7 Å². The molecule has 1 rings (SSSR count). The highest BCUT2D eigenvalue weighted by molar-refractivity contribution is 9.10. The summed E-state index contributed by atoms with van der Waals surface area (Å²) in [5.41, 5.74) is 6.20. The van der Waals surface area contributed by atoms with E-state index in [1.54, 1.807) is 6.20 Å². The minimum Gasteiger partial charge on any atom is -0.370 e. The molecular weight excluding hydrogens is 270 g/mol. The summed E-state index contributed by atoms with van der Waals surface area (Å²) in [4.78, 5) is 14.7. The van der Waals surface area contributed by atoms with Gasteiger partial charge in [-0.3, -0.25) is 4.79 Å². The molecular formula is C11H16BrN3O. The Kier molecular flexibility index (Phi) is 5.25. The van der Waals surface area contributed by atoms with Crippen LogP contribution in [0.25, 0.3) is 0 Å². The van der Waals surface area contributed by atoms with Crippen molar-refractivity contribution in [3.8, 4) is 0 Å². The van der Waals surface area contributed by atoms with Gasteiger partial charge in [0, 0.05) is 19.2 Å². The van der Waals surface area contributed by atoms with Crippen LogP contribution in [0.3, 0.4) is 0 Å². The van der Waals surface area contributed by atoms with E-state index >= 15 is 0 Å². The van der Waals surface area contributed by atoms with E-state index in [9.17, 15) is 4.79 Å². The van der Waals surface area contributed by atoms with E-state index in [0.717, 1.165) is 35.2 Å². The summed E-state index contributed by atoms with van der Waals surface area (Å²) in [6.45, 7) is 2.81. The van der Waals surface area contributed by atoms with Crippen LogP contribution in [0.5, 0.6) is 0 Å². The number of amides is 1. The van der Waals surface area contributed by atoms with Crippen LogP contribution >= 0.6 is 15.9 Å². The molecule has 1 amide bonds. The van der Waals surface area contributed by atoms with Crippen LogP contribution in [0, 0.1) is 6.92 Å². The molecule has 1 aromatic rings. The second-order valence-electron chi connectivity index (χ2n) is 3.64. The summed E-state index contributed by atoms with van der Waals surface area (Å²) >= 11 is 3.47. The number of nitrogens with one attached hydrogen (secondary N) is 1. The van der Waals surface area contributed by atoms with Crippen molar-refractivity contribution in [1.82, 2.24) is 4.98 Å². The zero-order valence-electron chi connectivity index (χ0n) is 9.29. The largest absolute Gasteiger partial charge is 0.370 e. The van der Waals surface area contributed by atoms with E-state index in [2.05, 4.69) is 26.2 Å². The quantitative estimate of drug-likeness (QED) is 0.788. The molecule has 0 aliphatic rings. The molecule has 0 aliphatic carbocycles. The van der Waals surface area contributed by atoms with Crippen molar-refractivity contribution in [1.29, 1.82) is 0 Å². The van der Waals surface area contributed by atoms with E-state index in [-0.39, 0.29) is 5.91 Å². The van der Waals surface area contributed by atoms with Crippen LogP contribution in [0.2, 0.25) is 0 Å². The van der Waals surface area contributed by atoms with Crippen molar-refractivity contribution in [3.05, 3.63) is 22.3 Å². The predicted molar refractivity (Wildman–Crippen MR) is 68.2 cm³/mol. The average molecular weight is 286 g/mol. The Labute approximate surface area is 104 Å². The smallest absolute Gasteiger partial charge is 0.217 e. The van der Waals surface area contributed by atoms with Gasteiger partial charge in [-0.25, -0.2) is 4.98 Å². The van der Waals surface area contributed by atoms with Gasteiger partial charge in [0.2, 0.25) is 5.91 Å². The van der Waals surface area contributed by atoms with Crippen LogP contribution in [-0.2, 0) is 4.79 Å². The summed E-state index contributed by atoms with van der Waals surface area (Å²) in [7, 11) is 0. The fourth-order valence-corrected chi connectivity index (χ4v) is 1.67. The highest BCUT2D eigenvalue weighted by Gasteiger charge is 2.02. The molecule has 0 saturated carbocycles. The number of nitrogens with two attached hydrogens (primary N) is 1. The fraction of sp³-hybridized carbons (Fsp3) is 0.455. The number of anilines is 1. The summed E-state index contributed by atoms with van der Waals surface area (Å²) in [5, 5.41) is 3.22. The van der Waals surface area contributed by atoms with Crippen LogP contribution in [0.15, 0.2) is 16.7 Å². The third-order valence-electron chi connectivity index (χ3n) is 2.22. The highest BCUT2D eigenvalue weighted by atomic mass is 79.9. The molecule has 1 heterocycles. The Bertz CT molecular complexity index is 368. The topological polar surface area (TPSA) is 68.0 Å². The van der Waals surface area contributed by atoms with Crippen LogP contribution in [-0.4, -0.2) is 17.4 Å². The number of unbranched alkanes of at least 4 members (excludes halogenated alkanes) is 1. The molecule has 0 spiro atoms. The monoisotopic (exact) mass is 285 g/mol. The van der Waals surface area contributed by atoms with Gasteiger partial charge in [0.25, 0.3) is 0 Å². The molecule has 3 N–H and O–H groups in total. The molecule has 0 radical (unpaired) electrons. The molecule has 1 aromatic heterocycles. The van der Waals surface area contributed by atoms with Gasteiger partial charge in [-0.2, -0.15) is 0 Å². The molecule has 16 heavy (non-hydrogen) atoms. The van der Waals surface area contributed by atoms with Gasteiger partial charge in [0.05, 0.1) is 4.47 Å². The molecule has 0 aliphatic heterocycles. The lowest BCUT2D eigenvalue weighted by molar-refractivity contribution is -0.118. The Morgan fingerprint density at radius 3 is 3.00 bits per heavy atom. The summed E-state index contributed by atoms with van der Waals surface area (Å²) in [6, 6.07) is 1.95. The van der Waals surface area contributed by atoms with Crippen molar-refractivity contribution in [2.75, 3.05) is 11.9 Å². The lowest BCUT2D eigenvalue weighted by Gasteiger charge is -2.08. The third kappa shape index (κ3) is 4.18. The van der Waals surface area contributed by atoms with E-state index in [0.29, 0.717) is 6.42 Å². The lowest BCUT2D eigenvalue weighted by Crippen LogP contribution is -2.11. The predicted octanol–water partition coefficient (Wildman–Crippen LogP) is 2.22. The maximum atomic E-state index is 10.5. The Morgan fingerprint density at radius 1 is 1.56 bits per heavy atom. The number of aromatic nitrogens is 1. The fourth-order valence-electron chi connectivity index (χ4n) is 1.29. The average Bonchev–Trinajstić information content (AvgIpc) is 2.23. The number of pyridine rings is 1. The van der Waals surface area contributed by atoms with Crippen LogP contribution < -0.4 is 11.1 Å². The molecule has 0 aromatic carbocycles. The number of nitrogens with zero attached hydrogens (tertiary/aromatic N) is 1. The van der Waals surface area contributed by atoms with E-state index in [1.807, 2.05) is 13.0 Å².